The topological polar surface area (TPSA) is 72.2 Å². The molecule has 2 rings (SSSR count). The minimum Gasteiger partial charge on any atom is -0.368 e. The lowest BCUT2D eigenvalue weighted by molar-refractivity contribution is -0.135. The van der Waals surface area contributed by atoms with Crippen molar-refractivity contribution in [3.63, 3.8) is 0 Å². The van der Waals surface area contributed by atoms with Crippen molar-refractivity contribution in [1.29, 1.82) is 0 Å². The summed E-state index contributed by atoms with van der Waals surface area (Å²) in [6.07, 6.45) is 0.0632. The Hall–Kier alpha value is -1.98. The smallest absolute Gasteiger partial charge is 0.248 e. The molecule has 1 aliphatic rings. The molecule has 0 aromatic heterocycles. The van der Waals surface area contributed by atoms with Gasteiger partial charge in [-0.2, -0.15) is 0 Å². The lowest BCUT2D eigenvalue weighted by Gasteiger charge is -2.30. The molecule has 0 saturated heterocycles. The van der Waals surface area contributed by atoms with E-state index in [4.69, 9.17) is 5.73 Å². The van der Waals surface area contributed by atoms with Crippen LogP contribution in [0, 0.1) is 5.92 Å². The maximum absolute atomic E-state index is 13.5. The summed E-state index contributed by atoms with van der Waals surface area (Å²) < 4.78 is 26.9. The Morgan fingerprint density at radius 3 is 2.52 bits per heavy atom. The Morgan fingerprint density at radius 1 is 1.30 bits per heavy atom. The van der Waals surface area contributed by atoms with Gasteiger partial charge in [-0.3, -0.25) is 9.59 Å². The Labute approximate surface area is 134 Å². The van der Waals surface area contributed by atoms with Crippen molar-refractivity contribution in [2.24, 2.45) is 11.7 Å². The number of carbonyl (C=O) groups is 2. The van der Waals surface area contributed by atoms with Crippen LogP contribution in [0.1, 0.15) is 44.1 Å². The summed E-state index contributed by atoms with van der Waals surface area (Å²) in [6, 6.07) is 8.25. The normalized spacial score (nSPS) is 22.8. The number of benzene rings is 1. The van der Waals surface area contributed by atoms with Gasteiger partial charge in [-0.15, -0.1) is 0 Å². The summed E-state index contributed by atoms with van der Waals surface area (Å²) in [4.78, 5) is 24.0. The number of nitrogens with one attached hydrogen (secondary N) is 1. The third kappa shape index (κ3) is 4.50. The van der Waals surface area contributed by atoms with Crippen molar-refractivity contribution < 1.29 is 18.4 Å². The van der Waals surface area contributed by atoms with E-state index in [9.17, 15) is 18.4 Å². The van der Waals surface area contributed by atoms with E-state index in [-0.39, 0.29) is 12.3 Å². The van der Waals surface area contributed by atoms with Gasteiger partial charge in [-0.25, -0.2) is 8.78 Å². The molecule has 3 atom stereocenters. The zero-order valence-corrected chi connectivity index (χ0v) is 13.1. The first-order chi connectivity index (χ1) is 10.8. The van der Waals surface area contributed by atoms with Crippen molar-refractivity contribution in [3.8, 4) is 0 Å². The molecular weight excluding hydrogens is 302 g/mol. The Bertz CT molecular complexity index is 563. The number of hydrogen-bond acceptors (Lipinski definition) is 2. The molecule has 3 N–H and O–H groups in total. The number of alkyl halides is 2. The standard InChI is InChI=1S/C17H22F2N2O2/c1-11(12-6-3-2-4-7-12)14(15(20)22)21-16(23)13-8-5-9-17(18,19)10-13/h2-4,6-7,11,13-14H,5,8-10H2,1H3,(H2,20,22)(H,21,23). The van der Waals surface area contributed by atoms with Crippen molar-refractivity contribution in [3.05, 3.63) is 35.9 Å². The van der Waals surface area contributed by atoms with Crippen LogP contribution >= 0.6 is 0 Å². The summed E-state index contributed by atoms with van der Waals surface area (Å²) in [5, 5.41) is 2.58. The molecule has 6 heteroatoms. The molecule has 0 spiro atoms. The zero-order chi connectivity index (χ0) is 17.0. The third-order valence-corrected chi connectivity index (χ3v) is 4.44. The van der Waals surface area contributed by atoms with Crippen LogP contribution in [-0.2, 0) is 9.59 Å². The van der Waals surface area contributed by atoms with Crippen LogP contribution in [0.3, 0.4) is 0 Å². The molecule has 1 fully saturated rings. The first kappa shape index (κ1) is 17.4. The second-order valence-corrected chi connectivity index (χ2v) is 6.24. The fourth-order valence-corrected chi connectivity index (χ4v) is 3.06. The van der Waals surface area contributed by atoms with E-state index < -0.39 is 36.1 Å². The third-order valence-electron chi connectivity index (χ3n) is 4.44. The van der Waals surface area contributed by atoms with Crippen LogP contribution in [0.15, 0.2) is 30.3 Å². The Balaban J connectivity index is 2.07. The number of rotatable bonds is 5. The van der Waals surface area contributed by atoms with Gasteiger partial charge in [-0.1, -0.05) is 37.3 Å². The predicted molar refractivity (Wildman–Crippen MR) is 82.9 cm³/mol. The average Bonchev–Trinajstić information content (AvgIpc) is 2.51. The van der Waals surface area contributed by atoms with Gasteiger partial charge in [0.25, 0.3) is 0 Å². The highest BCUT2D eigenvalue weighted by molar-refractivity contribution is 5.88. The highest BCUT2D eigenvalue weighted by atomic mass is 19.3. The number of hydrogen-bond donors (Lipinski definition) is 2. The summed E-state index contributed by atoms with van der Waals surface area (Å²) in [5.41, 5.74) is 6.26. The number of halogens is 2. The van der Waals surface area contributed by atoms with Crippen molar-refractivity contribution in [2.45, 2.75) is 50.5 Å². The van der Waals surface area contributed by atoms with Crippen molar-refractivity contribution >= 4 is 11.8 Å². The SMILES string of the molecule is CC(c1ccccc1)C(NC(=O)C1CCCC(F)(F)C1)C(N)=O. The predicted octanol–water partition coefficient (Wildman–Crippen LogP) is 2.59. The molecule has 3 unspecified atom stereocenters. The van der Waals surface area contributed by atoms with Gasteiger partial charge in [0.2, 0.25) is 17.7 Å². The highest BCUT2D eigenvalue weighted by Gasteiger charge is 2.40. The minimum atomic E-state index is -2.81. The molecular formula is C17H22F2N2O2. The molecule has 126 valence electrons. The summed E-state index contributed by atoms with van der Waals surface area (Å²) >= 11 is 0. The van der Waals surface area contributed by atoms with Crippen LogP contribution in [0.2, 0.25) is 0 Å². The number of amides is 2. The first-order valence-corrected chi connectivity index (χ1v) is 7.82. The van der Waals surface area contributed by atoms with Gasteiger partial charge in [0.15, 0.2) is 0 Å². The maximum Gasteiger partial charge on any atom is 0.248 e. The maximum atomic E-state index is 13.5. The number of primary amides is 1. The number of nitrogens with two attached hydrogens (primary N) is 1. The summed E-state index contributed by atoms with van der Waals surface area (Å²) in [7, 11) is 0. The molecule has 0 aliphatic heterocycles. The molecule has 1 saturated carbocycles. The molecule has 0 radical (unpaired) electrons. The van der Waals surface area contributed by atoms with Crippen LogP contribution in [0.5, 0.6) is 0 Å². The van der Waals surface area contributed by atoms with Crippen molar-refractivity contribution in [2.75, 3.05) is 0 Å². The van der Waals surface area contributed by atoms with Crippen molar-refractivity contribution in [1.82, 2.24) is 5.32 Å². The monoisotopic (exact) mass is 324 g/mol. The van der Waals surface area contributed by atoms with E-state index in [2.05, 4.69) is 5.32 Å². The fourth-order valence-electron chi connectivity index (χ4n) is 3.06. The molecule has 2 amide bonds. The van der Waals surface area contributed by atoms with E-state index in [1.807, 2.05) is 30.3 Å². The molecule has 0 bridgehead atoms. The Morgan fingerprint density at radius 2 is 1.96 bits per heavy atom. The minimum absolute atomic E-state index is 0.184. The van der Waals surface area contributed by atoms with E-state index in [1.54, 1.807) is 6.92 Å². The van der Waals surface area contributed by atoms with E-state index in [0.29, 0.717) is 12.8 Å². The van der Waals surface area contributed by atoms with Gasteiger partial charge >= 0.3 is 0 Å². The van der Waals surface area contributed by atoms with Gasteiger partial charge in [0.05, 0.1) is 0 Å². The Kier molecular flexibility index (Phi) is 5.34. The second kappa shape index (κ2) is 7.06. The lowest BCUT2D eigenvalue weighted by atomic mass is 9.85. The summed E-state index contributed by atoms with van der Waals surface area (Å²) in [6.45, 7) is 1.78. The van der Waals surface area contributed by atoms with Crippen LogP contribution in [-0.4, -0.2) is 23.8 Å². The average molecular weight is 324 g/mol. The van der Waals surface area contributed by atoms with E-state index in [1.165, 1.54) is 0 Å². The summed E-state index contributed by atoms with van der Waals surface area (Å²) in [5.74, 6) is -5.10. The van der Waals surface area contributed by atoms with Crippen LogP contribution in [0.4, 0.5) is 8.78 Å². The van der Waals surface area contributed by atoms with E-state index >= 15 is 0 Å². The van der Waals surface area contributed by atoms with Gasteiger partial charge < -0.3 is 11.1 Å². The zero-order valence-electron chi connectivity index (χ0n) is 13.1. The molecule has 1 aromatic rings. The molecule has 4 nitrogen and oxygen atoms in total. The molecule has 0 heterocycles. The quantitative estimate of drug-likeness (QED) is 0.874. The largest absolute Gasteiger partial charge is 0.368 e. The number of carbonyl (C=O) groups excluding carboxylic acids is 2. The first-order valence-electron chi connectivity index (χ1n) is 7.82. The van der Waals surface area contributed by atoms with Crippen LogP contribution in [0.25, 0.3) is 0 Å². The van der Waals surface area contributed by atoms with E-state index in [0.717, 1.165) is 5.56 Å². The fraction of sp³-hybridized carbons (Fsp3) is 0.529. The van der Waals surface area contributed by atoms with Crippen LogP contribution < -0.4 is 11.1 Å². The second-order valence-electron chi connectivity index (χ2n) is 6.24. The highest BCUT2D eigenvalue weighted by Crippen LogP contribution is 2.36. The van der Waals surface area contributed by atoms with Gasteiger partial charge in [0, 0.05) is 24.7 Å². The molecule has 1 aromatic carbocycles. The lowest BCUT2D eigenvalue weighted by Crippen LogP contribution is -2.50. The van der Waals surface area contributed by atoms with Gasteiger partial charge in [0.1, 0.15) is 6.04 Å². The van der Waals surface area contributed by atoms with Gasteiger partial charge in [-0.05, 0) is 18.4 Å². The molecule has 23 heavy (non-hydrogen) atoms. The molecule has 1 aliphatic carbocycles.